The Morgan fingerprint density at radius 1 is 1.07 bits per heavy atom. The van der Waals surface area contributed by atoms with Crippen LogP contribution in [0.5, 0.6) is 5.75 Å². The molecule has 1 aliphatic heterocycles. The highest BCUT2D eigenvalue weighted by Crippen LogP contribution is 2.21. The molecular weight excluding hydrogens is 352 g/mol. The van der Waals surface area contributed by atoms with Gasteiger partial charge in [-0.25, -0.2) is 0 Å². The Morgan fingerprint density at radius 2 is 1.75 bits per heavy atom. The highest BCUT2D eigenvalue weighted by Gasteiger charge is 2.32. The minimum absolute atomic E-state index is 0.102. The molecule has 1 fully saturated rings. The summed E-state index contributed by atoms with van der Waals surface area (Å²) < 4.78 is 11.6. The van der Waals surface area contributed by atoms with Gasteiger partial charge in [-0.3, -0.25) is 4.79 Å². The second kappa shape index (κ2) is 12.1. The Labute approximate surface area is 170 Å². The summed E-state index contributed by atoms with van der Waals surface area (Å²) >= 11 is 0. The smallest absolute Gasteiger partial charge is 0.256 e. The second-order valence-electron chi connectivity index (χ2n) is 7.87. The largest absolute Gasteiger partial charge is 0.494 e. The van der Waals surface area contributed by atoms with Gasteiger partial charge in [-0.05, 0) is 76.4 Å². The van der Waals surface area contributed by atoms with Crippen molar-refractivity contribution >= 4 is 11.6 Å². The van der Waals surface area contributed by atoms with Crippen molar-refractivity contribution in [2.75, 3.05) is 38.2 Å². The van der Waals surface area contributed by atoms with Crippen LogP contribution in [0.4, 0.5) is 5.69 Å². The van der Waals surface area contributed by atoms with Gasteiger partial charge in [0.25, 0.3) is 5.91 Å². The number of benzene rings is 1. The van der Waals surface area contributed by atoms with Gasteiger partial charge in [-0.15, -0.1) is 0 Å². The molecular formula is C23H38N2O3. The lowest BCUT2D eigenvalue weighted by Crippen LogP contribution is -2.42. The molecule has 1 atom stereocenters. The number of ether oxygens (including phenoxy) is 2. The molecule has 1 aliphatic rings. The topological polar surface area (TPSA) is 50.8 Å². The van der Waals surface area contributed by atoms with E-state index in [0.717, 1.165) is 37.4 Å². The molecule has 28 heavy (non-hydrogen) atoms. The Kier molecular flexibility index (Phi) is 9.79. The molecule has 0 saturated carbocycles. The Morgan fingerprint density at radius 3 is 2.36 bits per heavy atom. The van der Waals surface area contributed by atoms with Crippen LogP contribution < -0.4 is 10.1 Å². The number of rotatable bonds is 11. The van der Waals surface area contributed by atoms with E-state index >= 15 is 0 Å². The highest BCUT2D eigenvalue weighted by molar-refractivity contribution is 5.97. The van der Waals surface area contributed by atoms with E-state index in [9.17, 15) is 4.79 Å². The van der Waals surface area contributed by atoms with Crippen molar-refractivity contribution in [2.45, 2.75) is 71.3 Å². The van der Waals surface area contributed by atoms with Crippen molar-refractivity contribution in [2.24, 2.45) is 0 Å². The molecule has 1 saturated heterocycles. The Balaban J connectivity index is 1.74. The fourth-order valence-electron chi connectivity index (χ4n) is 3.39. The van der Waals surface area contributed by atoms with Gasteiger partial charge in [0, 0.05) is 18.8 Å². The van der Waals surface area contributed by atoms with Crippen LogP contribution in [0.2, 0.25) is 0 Å². The van der Waals surface area contributed by atoms with Gasteiger partial charge in [0.1, 0.15) is 11.4 Å². The minimum Gasteiger partial charge on any atom is -0.494 e. The molecule has 0 spiro atoms. The molecule has 1 heterocycles. The average Bonchev–Trinajstić information content (AvgIpc) is 2.99. The molecule has 0 radical (unpaired) electrons. The zero-order valence-electron chi connectivity index (χ0n) is 18.0. The van der Waals surface area contributed by atoms with Crippen LogP contribution in [0.1, 0.15) is 65.7 Å². The van der Waals surface area contributed by atoms with E-state index < -0.39 is 5.60 Å². The molecule has 1 aromatic rings. The number of nitrogens with zero attached hydrogens (tertiary/aromatic N) is 1. The fraction of sp³-hybridized carbons (Fsp3) is 0.696. The summed E-state index contributed by atoms with van der Waals surface area (Å²) in [5.41, 5.74) is -0.0277. The molecule has 1 aromatic carbocycles. The minimum atomic E-state index is -0.793. The van der Waals surface area contributed by atoms with E-state index in [1.54, 1.807) is 0 Å². The van der Waals surface area contributed by atoms with Crippen molar-refractivity contribution in [1.82, 2.24) is 4.90 Å². The van der Waals surface area contributed by atoms with E-state index in [1.807, 2.05) is 45.0 Å². The van der Waals surface area contributed by atoms with Gasteiger partial charge in [-0.1, -0.05) is 26.7 Å². The lowest BCUT2D eigenvalue weighted by Gasteiger charge is -2.27. The van der Waals surface area contributed by atoms with Crippen LogP contribution in [-0.2, 0) is 9.53 Å². The maximum absolute atomic E-state index is 12.6. The normalized spacial score (nSPS) is 17.5. The molecule has 158 valence electrons. The van der Waals surface area contributed by atoms with Crippen LogP contribution in [0.25, 0.3) is 0 Å². The lowest BCUT2D eigenvalue weighted by molar-refractivity contribution is -0.139. The van der Waals surface area contributed by atoms with E-state index in [4.69, 9.17) is 9.47 Å². The number of anilines is 1. The van der Waals surface area contributed by atoms with Crippen molar-refractivity contribution in [3.05, 3.63) is 24.3 Å². The molecule has 0 bridgehead atoms. The van der Waals surface area contributed by atoms with Crippen molar-refractivity contribution in [3.63, 3.8) is 0 Å². The maximum atomic E-state index is 12.6. The van der Waals surface area contributed by atoms with Gasteiger partial charge >= 0.3 is 0 Å². The summed E-state index contributed by atoms with van der Waals surface area (Å²) in [5.74, 6) is 0.740. The summed E-state index contributed by atoms with van der Waals surface area (Å²) in [4.78, 5) is 15.1. The van der Waals surface area contributed by atoms with Crippen LogP contribution in [0, 0.1) is 0 Å². The van der Waals surface area contributed by atoms with Gasteiger partial charge in [-0.2, -0.15) is 0 Å². The summed E-state index contributed by atoms with van der Waals surface area (Å²) in [6, 6.07) is 7.60. The molecule has 1 N–H and O–H groups in total. The number of hydrogen-bond acceptors (Lipinski definition) is 4. The van der Waals surface area contributed by atoms with E-state index in [0.29, 0.717) is 13.0 Å². The van der Waals surface area contributed by atoms with Gasteiger partial charge < -0.3 is 19.7 Å². The number of carbonyl (C=O) groups excluding carboxylic acids is 1. The third-order valence-corrected chi connectivity index (χ3v) is 5.48. The molecule has 5 nitrogen and oxygen atoms in total. The predicted octanol–water partition coefficient (Wildman–Crippen LogP) is 4.87. The first-order chi connectivity index (χ1) is 13.6. The van der Waals surface area contributed by atoms with E-state index in [-0.39, 0.29) is 5.91 Å². The van der Waals surface area contributed by atoms with E-state index in [1.165, 1.54) is 38.8 Å². The highest BCUT2D eigenvalue weighted by atomic mass is 16.5. The predicted molar refractivity (Wildman–Crippen MR) is 115 cm³/mol. The third kappa shape index (κ3) is 7.44. The van der Waals surface area contributed by atoms with E-state index in [2.05, 4.69) is 10.2 Å². The second-order valence-corrected chi connectivity index (χ2v) is 7.87. The summed E-state index contributed by atoms with van der Waals surface area (Å²) in [6.45, 7) is 10.7. The summed E-state index contributed by atoms with van der Waals surface area (Å²) in [7, 11) is 0. The molecule has 1 amide bonds. The number of nitrogens with one attached hydrogen (secondary N) is 1. The molecule has 5 heteroatoms. The van der Waals surface area contributed by atoms with Gasteiger partial charge in [0.15, 0.2) is 0 Å². The third-order valence-electron chi connectivity index (χ3n) is 5.48. The van der Waals surface area contributed by atoms with Crippen LogP contribution in [0.3, 0.4) is 0 Å². The first kappa shape index (κ1) is 22.7. The molecule has 2 rings (SSSR count). The van der Waals surface area contributed by atoms with Crippen LogP contribution >= 0.6 is 0 Å². The van der Waals surface area contributed by atoms with Gasteiger partial charge in [0.05, 0.1) is 6.61 Å². The van der Waals surface area contributed by atoms with Crippen LogP contribution in [0.15, 0.2) is 24.3 Å². The Bertz CT molecular complexity index is 568. The molecule has 0 aliphatic carbocycles. The fourth-order valence-corrected chi connectivity index (χ4v) is 3.39. The lowest BCUT2D eigenvalue weighted by atomic mass is 10.0. The zero-order chi connectivity index (χ0) is 20.2. The van der Waals surface area contributed by atoms with Crippen molar-refractivity contribution < 1.29 is 14.3 Å². The summed E-state index contributed by atoms with van der Waals surface area (Å²) in [6.07, 6.45) is 7.98. The number of carbonyl (C=O) groups is 1. The van der Waals surface area contributed by atoms with Crippen molar-refractivity contribution in [1.29, 1.82) is 0 Å². The van der Waals surface area contributed by atoms with Crippen LogP contribution in [-0.4, -0.2) is 49.3 Å². The molecule has 0 aromatic heterocycles. The van der Waals surface area contributed by atoms with Crippen molar-refractivity contribution in [3.8, 4) is 5.75 Å². The zero-order valence-corrected chi connectivity index (χ0v) is 18.0. The first-order valence-corrected chi connectivity index (χ1v) is 11.0. The average molecular weight is 391 g/mol. The number of hydrogen-bond donors (Lipinski definition) is 1. The standard InChI is InChI=1S/C23H38N2O3/c1-4-18-28-23(3,5-2)22(26)24-20-11-13-21(14-12-20)27-19-10-17-25-15-8-6-7-9-16-25/h11-14H,4-10,15-19H2,1-3H3,(H,24,26)/t23-/m1/s1. The molecule has 0 unspecified atom stereocenters. The summed E-state index contributed by atoms with van der Waals surface area (Å²) in [5, 5.41) is 2.96. The Hall–Kier alpha value is -1.59. The SMILES string of the molecule is CCCO[C@](C)(CC)C(=O)Nc1ccc(OCCCN2CCCCCC2)cc1. The first-order valence-electron chi connectivity index (χ1n) is 11.0. The number of amides is 1. The quantitative estimate of drug-likeness (QED) is 0.548. The van der Waals surface area contributed by atoms with Gasteiger partial charge in [0.2, 0.25) is 0 Å². The maximum Gasteiger partial charge on any atom is 0.256 e. The monoisotopic (exact) mass is 390 g/mol. The number of likely N-dealkylation sites (tertiary alicyclic amines) is 1.